The Morgan fingerprint density at radius 3 is 2.02 bits per heavy atom. The Labute approximate surface area is 365 Å². The van der Waals surface area contributed by atoms with Gasteiger partial charge in [-0.15, -0.1) is 0 Å². The SMILES string of the molecule is CC1OC(O[C@@H]2O[C@H]([C@@H](C)C3CCC4C5=CC(=O)C6C[C@@H](OC7OC(CO)C(O)C(O)C7OC7OC(C)C(O)C(O)C7O)CC[C@]6(C)C5CC[C@@]43C)CC[C@H]2C)C(O)C(C)C1O. The molecule has 7 fully saturated rings. The van der Waals surface area contributed by atoms with Crippen LogP contribution < -0.4 is 0 Å². The minimum atomic E-state index is -1.67. The summed E-state index contributed by atoms with van der Waals surface area (Å²) in [5, 5.41) is 84.5. The lowest BCUT2D eigenvalue weighted by Gasteiger charge is -2.57. The largest absolute Gasteiger partial charge is 0.394 e. The fourth-order valence-corrected chi connectivity index (χ4v) is 13.4. The van der Waals surface area contributed by atoms with E-state index in [9.17, 15) is 45.6 Å². The molecule has 62 heavy (non-hydrogen) atoms. The Bertz CT molecular complexity index is 1620. The van der Waals surface area contributed by atoms with Gasteiger partial charge < -0.3 is 74.0 Å². The number of rotatable bonds is 9. The van der Waals surface area contributed by atoms with Crippen molar-refractivity contribution in [3.63, 3.8) is 0 Å². The van der Waals surface area contributed by atoms with Crippen LogP contribution in [0.3, 0.4) is 0 Å². The molecule has 0 radical (unpaired) electrons. The van der Waals surface area contributed by atoms with Crippen molar-refractivity contribution in [2.45, 2.75) is 211 Å². The summed E-state index contributed by atoms with van der Waals surface area (Å²) in [6.07, 6.45) is -8.76. The molecule has 0 aromatic heterocycles. The Balaban J connectivity index is 0.936. The van der Waals surface area contributed by atoms with Crippen molar-refractivity contribution in [1.29, 1.82) is 0 Å². The molecular formula is C46H74O16. The summed E-state index contributed by atoms with van der Waals surface area (Å²) in [5.74, 6) is 0.613. The Morgan fingerprint density at radius 1 is 0.645 bits per heavy atom. The topological polar surface area (TPSA) is 244 Å². The van der Waals surface area contributed by atoms with Crippen LogP contribution in [0.25, 0.3) is 0 Å². The second-order valence-electron chi connectivity index (χ2n) is 21.1. The number of hydrogen-bond donors (Lipinski definition) is 8. The van der Waals surface area contributed by atoms with E-state index in [1.165, 1.54) is 12.5 Å². The maximum Gasteiger partial charge on any atom is 0.187 e. The van der Waals surface area contributed by atoms with Crippen LogP contribution in [0.2, 0.25) is 0 Å². The summed E-state index contributed by atoms with van der Waals surface area (Å²) >= 11 is 0. The third-order valence-corrected chi connectivity index (χ3v) is 17.5. The van der Waals surface area contributed by atoms with E-state index in [2.05, 4.69) is 27.7 Å². The first-order valence-electron chi connectivity index (χ1n) is 23.5. The average Bonchev–Trinajstić information content (AvgIpc) is 3.60. The molecule has 4 aliphatic heterocycles. The van der Waals surface area contributed by atoms with Gasteiger partial charge in [-0.25, -0.2) is 0 Å². The number of ether oxygens (including phenoxy) is 7. The van der Waals surface area contributed by atoms with Gasteiger partial charge in [-0.1, -0.05) is 40.2 Å². The van der Waals surface area contributed by atoms with Crippen LogP contribution in [0.5, 0.6) is 0 Å². The fourth-order valence-electron chi connectivity index (χ4n) is 13.4. The highest BCUT2D eigenvalue weighted by molar-refractivity contribution is 5.94. The van der Waals surface area contributed by atoms with Crippen LogP contribution >= 0.6 is 0 Å². The lowest BCUT2D eigenvalue weighted by molar-refractivity contribution is -0.370. The predicted octanol–water partition coefficient (Wildman–Crippen LogP) is 1.68. The van der Waals surface area contributed by atoms with E-state index in [0.29, 0.717) is 25.2 Å². The minimum absolute atomic E-state index is 0.0124. The number of carbonyl (C=O) groups excluding carboxylic acids is 1. The van der Waals surface area contributed by atoms with E-state index < -0.39 is 111 Å². The molecule has 4 heterocycles. The predicted molar refractivity (Wildman–Crippen MR) is 218 cm³/mol. The molecule has 16 nitrogen and oxygen atoms in total. The van der Waals surface area contributed by atoms with Crippen LogP contribution in [0, 0.1) is 52.3 Å². The summed E-state index contributed by atoms with van der Waals surface area (Å²) < 4.78 is 43.0. The molecule has 4 aliphatic carbocycles. The molecule has 4 saturated heterocycles. The van der Waals surface area contributed by atoms with Crippen molar-refractivity contribution in [2.75, 3.05) is 6.61 Å². The highest BCUT2D eigenvalue weighted by Gasteiger charge is 2.61. The summed E-state index contributed by atoms with van der Waals surface area (Å²) in [4.78, 5) is 14.4. The van der Waals surface area contributed by atoms with Gasteiger partial charge in [0.2, 0.25) is 0 Å². The van der Waals surface area contributed by atoms with Crippen LogP contribution in [0.15, 0.2) is 11.6 Å². The number of carbonyl (C=O) groups is 1. The van der Waals surface area contributed by atoms with Gasteiger partial charge in [-0.05, 0) is 112 Å². The molecular weight excluding hydrogens is 808 g/mol. The van der Waals surface area contributed by atoms with Crippen LogP contribution in [0.4, 0.5) is 0 Å². The second-order valence-corrected chi connectivity index (χ2v) is 21.1. The van der Waals surface area contributed by atoms with Crippen molar-refractivity contribution in [1.82, 2.24) is 0 Å². The van der Waals surface area contributed by atoms with Crippen molar-refractivity contribution in [3.8, 4) is 0 Å². The molecule has 8 rings (SSSR count). The molecule has 8 aliphatic rings. The molecule has 26 atom stereocenters. The average molecular weight is 883 g/mol. The van der Waals surface area contributed by atoms with Gasteiger partial charge >= 0.3 is 0 Å². The fraction of sp³-hybridized carbons (Fsp3) is 0.935. The molecule has 0 aromatic carbocycles. The minimum Gasteiger partial charge on any atom is -0.394 e. The Morgan fingerprint density at radius 2 is 1.31 bits per heavy atom. The van der Waals surface area contributed by atoms with E-state index >= 15 is 0 Å². The van der Waals surface area contributed by atoms with Crippen molar-refractivity contribution in [3.05, 3.63) is 11.6 Å². The third kappa shape index (κ3) is 8.20. The zero-order chi connectivity index (χ0) is 44.7. The summed E-state index contributed by atoms with van der Waals surface area (Å²) in [5.41, 5.74) is 0.974. The smallest absolute Gasteiger partial charge is 0.187 e. The van der Waals surface area contributed by atoms with Gasteiger partial charge in [0.05, 0.1) is 37.1 Å². The zero-order valence-corrected chi connectivity index (χ0v) is 37.3. The first-order chi connectivity index (χ1) is 29.3. The number of aliphatic hydroxyl groups excluding tert-OH is 8. The molecule has 0 aromatic rings. The zero-order valence-electron chi connectivity index (χ0n) is 37.3. The lowest BCUT2D eigenvalue weighted by Crippen LogP contribution is -2.64. The first-order valence-corrected chi connectivity index (χ1v) is 23.5. The van der Waals surface area contributed by atoms with Crippen LogP contribution in [-0.2, 0) is 38.0 Å². The van der Waals surface area contributed by atoms with Gasteiger partial charge in [0.1, 0.15) is 48.8 Å². The highest BCUT2D eigenvalue weighted by atomic mass is 16.8. The molecule has 0 spiro atoms. The van der Waals surface area contributed by atoms with Gasteiger partial charge in [0.15, 0.2) is 30.9 Å². The summed E-state index contributed by atoms with van der Waals surface area (Å²) in [7, 11) is 0. The number of aliphatic hydroxyl groups is 8. The van der Waals surface area contributed by atoms with Crippen molar-refractivity contribution < 1.29 is 78.8 Å². The van der Waals surface area contributed by atoms with E-state index in [4.69, 9.17) is 33.2 Å². The molecule has 19 unspecified atom stereocenters. The number of allylic oxidation sites excluding steroid dienone is 2. The second kappa shape index (κ2) is 18.1. The monoisotopic (exact) mass is 882 g/mol. The molecule has 3 saturated carbocycles. The Hall–Kier alpha value is -1.19. The summed E-state index contributed by atoms with van der Waals surface area (Å²) in [6.45, 7) is 13.6. The van der Waals surface area contributed by atoms with Gasteiger partial charge in [-0.3, -0.25) is 4.79 Å². The first kappa shape index (κ1) is 47.3. The van der Waals surface area contributed by atoms with Crippen LogP contribution in [-0.4, -0.2) is 158 Å². The van der Waals surface area contributed by atoms with E-state index in [-0.39, 0.29) is 52.3 Å². The van der Waals surface area contributed by atoms with Crippen molar-refractivity contribution in [2.24, 2.45) is 52.3 Å². The standard InChI is InChI=1S/C46H74O16/c1-19-8-11-31(59-41(19)62-42-34(50)21(3)33(49)22(4)56-42)20(2)26-9-10-27-25-17-30(48)29-16-24(12-14-46(29,7)28(25)13-15-45(26,27)6)58-44-40(38(54)36(52)32(18-47)60-44)61-43-39(55)37(53)35(51)23(5)57-43/h17,19-24,26-29,31-44,47,49-55H,8-16,18H2,1-7H3/t19-,20+,21?,22?,23?,24+,26?,27?,28?,29?,31+,32?,33?,34?,35?,36?,37?,38?,39?,40?,41+,42?,43?,44?,45-,46-/m1/s1. The number of fused-ring (bicyclic) bond motifs is 5. The van der Waals surface area contributed by atoms with Crippen LogP contribution in [0.1, 0.15) is 106 Å². The Kier molecular flexibility index (Phi) is 13.8. The van der Waals surface area contributed by atoms with E-state index in [1.54, 1.807) is 13.8 Å². The lowest BCUT2D eigenvalue weighted by atomic mass is 9.47. The quantitative estimate of drug-likeness (QED) is 0.164. The molecule has 8 N–H and O–H groups in total. The van der Waals surface area contributed by atoms with E-state index in [0.717, 1.165) is 38.5 Å². The molecule has 16 heteroatoms. The van der Waals surface area contributed by atoms with Gasteiger partial charge in [0.25, 0.3) is 0 Å². The maximum absolute atomic E-state index is 14.4. The molecule has 0 bridgehead atoms. The van der Waals surface area contributed by atoms with Gasteiger partial charge in [0, 0.05) is 17.8 Å². The van der Waals surface area contributed by atoms with Gasteiger partial charge in [-0.2, -0.15) is 0 Å². The van der Waals surface area contributed by atoms with Crippen molar-refractivity contribution >= 4 is 5.78 Å². The number of hydrogen-bond acceptors (Lipinski definition) is 16. The highest BCUT2D eigenvalue weighted by Crippen LogP contribution is 2.67. The summed E-state index contributed by atoms with van der Waals surface area (Å²) in [6, 6.07) is 0. The normalized spacial score (nSPS) is 55.1. The molecule has 0 amide bonds. The third-order valence-electron chi connectivity index (χ3n) is 17.5. The van der Waals surface area contributed by atoms with E-state index in [1.807, 2.05) is 6.08 Å². The molecule has 354 valence electrons. The number of ketones is 1. The maximum atomic E-state index is 14.4.